The van der Waals surface area contributed by atoms with Crippen LogP contribution in [0.3, 0.4) is 0 Å². The van der Waals surface area contributed by atoms with Crippen molar-refractivity contribution >= 4 is 28.7 Å². The summed E-state index contributed by atoms with van der Waals surface area (Å²) in [6.45, 7) is 2.09. The molecule has 0 unspecified atom stereocenters. The summed E-state index contributed by atoms with van der Waals surface area (Å²) < 4.78 is 4.87. The third-order valence-corrected chi connectivity index (χ3v) is 3.85. The molecule has 5 nitrogen and oxygen atoms in total. The van der Waals surface area contributed by atoms with Gasteiger partial charge in [0.15, 0.2) is 11.0 Å². The van der Waals surface area contributed by atoms with Crippen molar-refractivity contribution in [2.24, 2.45) is 0 Å². The van der Waals surface area contributed by atoms with Crippen molar-refractivity contribution in [1.29, 1.82) is 5.41 Å². The molecule has 1 fully saturated rings. The number of thioether (sulfide) groups is 1. The fourth-order valence-electron chi connectivity index (χ4n) is 1.90. The van der Waals surface area contributed by atoms with Crippen LogP contribution in [0.2, 0.25) is 0 Å². The predicted octanol–water partition coefficient (Wildman–Crippen LogP) is 2.30. The molecule has 1 N–H and O–H groups in total. The molecule has 1 aliphatic rings. The number of rotatable bonds is 5. The van der Waals surface area contributed by atoms with Gasteiger partial charge in [-0.1, -0.05) is 42.1 Å². The van der Waals surface area contributed by atoms with E-state index in [1.165, 1.54) is 17.8 Å². The highest BCUT2D eigenvalue weighted by atomic mass is 32.2. The SMILES string of the molecule is CCOC(=O)/C=C1\CSC(=N)N1CC(=O)c1ccccc1. The summed E-state index contributed by atoms with van der Waals surface area (Å²) >= 11 is 1.29. The van der Waals surface area contributed by atoms with Crippen molar-refractivity contribution in [1.82, 2.24) is 4.90 Å². The van der Waals surface area contributed by atoms with Gasteiger partial charge in [-0.05, 0) is 6.92 Å². The number of ether oxygens (including phenoxy) is 1. The largest absolute Gasteiger partial charge is 0.463 e. The van der Waals surface area contributed by atoms with Gasteiger partial charge in [-0.15, -0.1) is 0 Å². The average Bonchev–Trinajstić information content (AvgIpc) is 2.81. The van der Waals surface area contributed by atoms with E-state index in [9.17, 15) is 9.59 Å². The van der Waals surface area contributed by atoms with Crippen molar-refractivity contribution in [2.75, 3.05) is 18.9 Å². The number of carbonyl (C=O) groups is 2. The summed E-state index contributed by atoms with van der Waals surface area (Å²) in [5.41, 5.74) is 1.23. The van der Waals surface area contributed by atoms with Gasteiger partial charge in [0.05, 0.1) is 13.2 Å². The molecular weight excluding hydrogens is 288 g/mol. The van der Waals surface area contributed by atoms with Crippen molar-refractivity contribution < 1.29 is 14.3 Å². The smallest absolute Gasteiger partial charge is 0.332 e. The number of carbonyl (C=O) groups excluding carboxylic acids is 2. The number of esters is 1. The second kappa shape index (κ2) is 7.08. The van der Waals surface area contributed by atoms with E-state index in [0.29, 0.717) is 23.6 Å². The van der Waals surface area contributed by atoms with E-state index in [4.69, 9.17) is 10.1 Å². The molecule has 0 aliphatic carbocycles. The molecule has 0 saturated carbocycles. The Morgan fingerprint density at radius 2 is 2.10 bits per heavy atom. The Morgan fingerprint density at radius 3 is 2.76 bits per heavy atom. The van der Waals surface area contributed by atoms with E-state index >= 15 is 0 Å². The molecule has 0 spiro atoms. The van der Waals surface area contributed by atoms with Crippen molar-refractivity contribution in [2.45, 2.75) is 6.92 Å². The fraction of sp³-hybridized carbons (Fsp3) is 0.267. The Kier molecular flexibility index (Phi) is 5.16. The third-order valence-electron chi connectivity index (χ3n) is 2.92. The number of benzene rings is 1. The van der Waals surface area contributed by atoms with Crippen molar-refractivity contribution in [3.63, 3.8) is 0 Å². The molecular formula is C15H16N2O3S. The van der Waals surface area contributed by atoms with Gasteiger partial charge in [0.25, 0.3) is 0 Å². The predicted molar refractivity (Wildman–Crippen MR) is 82.4 cm³/mol. The van der Waals surface area contributed by atoms with Gasteiger partial charge in [0, 0.05) is 23.1 Å². The monoisotopic (exact) mass is 304 g/mol. The van der Waals surface area contributed by atoms with Crippen LogP contribution in [0, 0.1) is 5.41 Å². The van der Waals surface area contributed by atoms with Gasteiger partial charge in [-0.25, -0.2) is 4.79 Å². The molecule has 1 heterocycles. The van der Waals surface area contributed by atoms with Crippen LogP contribution in [0.25, 0.3) is 0 Å². The summed E-state index contributed by atoms with van der Waals surface area (Å²) in [6, 6.07) is 8.92. The van der Waals surface area contributed by atoms with Crippen LogP contribution in [0.1, 0.15) is 17.3 Å². The van der Waals surface area contributed by atoms with Crippen LogP contribution in [0.15, 0.2) is 42.1 Å². The minimum atomic E-state index is -0.444. The summed E-state index contributed by atoms with van der Waals surface area (Å²) in [5.74, 6) is -0.0303. The van der Waals surface area contributed by atoms with Gasteiger partial charge in [-0.3, -0.25) is 10.2 Å². The molecule has 1 aromatic carbocycles. The number of Topliss-reactive ketones (excluding diaryl/α,β-unsaturated/α-hetero) is 1. The summed E-state index contributed by atoms with van der Waals surface area (Å²) in [4.78, 5) is 25.3. The number of nitrogens with zero attached hydrogens (tertiary/aromatic N) is 1. The van der Waals surface area contributed by atoms with Crippen LogP contribution >= 0.6 is 11.8 Å². The van der Waals surface area contributed by atoms with Crippen LogP contribution in [-0.4, -0.2) is 40.7 Å². The van der Waals surface area contributed by atoms with Crippen LogP contribution in [0.4, 0.5) is 0 Å². The third kappa shape index (κ3) is 3.95. The summed E-state index contributed by atoms with van der Waals surface area (Å²) in [5, 5.41) is 8.16. The molecule has 110 valence electrons. The molecule has 0 aromatic heterocycles. The van der Waals surface area contributed by atoms with Crippen molar-refractivity contribution in [3.8, 4) is 0 Å². The van der Waals surface area contributed by atoms with Gasteiger partial charge >= 0.3 is 5.97 Å². The van der Waals surface area contributed by atoms with Crippen LogP contribution in [0.5, 0.6) is 0 Å². The Balaban J connectivity index is 2.11. The lowest BCUT2D eigenvalue weighted by atomic mass is 10.1. The van der Waals surface area contributed by atoms with E-state index in [2.05, 4.69) is 0 Å². The maximum absolute atomic E-state index is 12.2. The second-order valence-electron chi connectivity index (χ2n) is 4.36. The molecule has 1 saturated heterocycles. The standard InChI is InChI=1S/C15H16N2O3S/c1-2-20-14(19)8-12-10-21-15(16)17(12)9-13(18)11-6-4-3-5-7-11/h3-8,16H,2,9-10H2,1H3/b12-8+,16-15?. The summed E-state index contributed by atoms with van der Waals surface area (Å²) in [6.07, 6.45) is 1.36. The van der Waals surface area contributed by atoms with Gasteiger partial charge < -0.3 is 9.64 Å². The Bertz CT molecular complexity index is 584. The molecule has 1 aliphatic heterocycles. The normalized spacial score (nSPS) is 16.3. The molecule has 6 heteroatoms. The zero-order chi connectivity index (χ0) is 15.2. The number of nitrogens with one attached hydrogen (secondary N) is 1. The molecule has 0 bridgehead atoms. The summed E-state index contributed by atoms with van der Waals surface area (Å²) in [7, 11) is 0. The number of hydrogen-bond acceptors (Lipinski definition) is 5. The molecule has 0 radical (unpaired) electrons. The van der Waals surface area contributed by atoms with Crippen molar-refractivity contribution in [3.05, 3.63) is 47.7 Å². The first kappa shape index (κ1) is 15.3. The lowest BCUT2D eigenvalue weighted by Gasteiger charge is -2.17. The quantitative estimate of drug-likeness (QED) is 0.513. The van der Waals surface area contributed by atoms with E-state index in [-0.39, 0.29) is 17.5 Å². The highest BCUT2D eigenvalue weighted by Gasteiger charge is 2.26. The average molecular weight is 304 g/mol. The molecule has 21 heavy (non-hydrogen) atoms. The van der Waals surface area contributed by atoms with Gasteiger partial charge in [0.2, 0.25) is 0 Å². The second-order valence-corrected chi connectivity index (χ2v) is 5.32. The Labute approximate surface area is 127 Å². The van der Waals surface area contributed by atoms with Gasteiger partial charge in [0.1, 0.15) is 0 Å². The zero-order valence-corrected chi connectivity index (χ0v) is 12.5. The van der Waals surface area contributed by atoms with E-state index in [1.807, 2.05) is 6.07 Å². The Hall–Kier alpha value is -2.08. The fourth-order valence-corrected chi connectivity index (χ4v) is 2.76. The lowest BCUT2D eigenvalue weighted by Crippen LogP contribution is -2.29. The molecule has 2 rings (SSSR count). The topological polar surface area (TPSA) is 70.5 Å². The maximum Gasteiger partial charge on any atom is 0.332 e. The van der Waals surface area contributed by atoms with Gasteiger partial charge in [-0.2, -0.15) is 0 Å². The molecule has 1 aromatic rings. The number of amidine groups is 1. The first-order chi connectivity index (χ1) is 10.1. The lowest BCUT2D eigenvalue weighted by molar-refractivity contribution is -0.137. The maximum atomic E-state index is 12.2. The zero-order valence-electron chi connectivity index (χ0n) is 11.7. The minimum Gasteiger partial charge on any atom is -0.463 e. The van der Waals surface area contributed by atoms with E-state index in [1.54, 1.807) is 36.1 Å². The van der Waals surface area contributed by atoms with E-state index < -0.39 is 5.97 Å². The van der Waals surface area contributed by atoms with E-state index in [0.717, 1.165) is 0 Å². The first-order valence-corrected chi connectivity index (χ1v) is 7.55. The van der Waals surface area contributed by atoms with Crippen LogP contribution in [-0.2, 0) is 9.53 Å². The number of hydrogen-bond donors (Lipinski definition) is 1. The highest BCUT2D eigenvalue weighted by Crippen LogP contribution is 2.26. The first-order valence-electron chi connectivity index (χ1n) is 6.56. The Morgan fingerprint density at radius 1 is 1.38 bits per heavy atom. The molecule has 0 atom stereocenters. The molecule has 0 amide bonds. The number of ketones is 1. The highest BCUT2D eigenvalue weighted by molar-refractivity contribution is 8.14. The van der Waals surface area contributed by atoms with Crippen LogP contribution < -0.4 is 0 Å². The minimum absolute atomic E-state index is 0.0566.